The van der Waals surface area contributed by atoms with Crippen LogP contribution in [0.15, 0.2) is 36.7 Å². The van der Waals surface area contributed by atoms with E-state index in [0.29, 0.717) is 24.6 Å². The Labute approximate surface area is 165 Å². The molecule has 0 bridgehead atoms. The van der Waals surface area contributed by atoms with Gasteiger partial charge in [-0.05, 0) is 43.0 Å². The molecule has 0 aliphatic carbocycles. The number of carbonyl (C=O) groups is 1. The number of rotatable bonds is 3. The van der Waals surface area contributed by atoms with Gasteiger partial charge in [-0.15, -0.1) is 0 Å². The molecule has 0 radical (unpaired) electrons. The van der Waals surface area contributed by atoms with Crippen molar-refractivity contribution in [3.05, 3.63) is 48.0 Å². The molecule has 0 N–H and O–H groups in total. The molecule has 7 heteroatoms. The van der Waals surface area contributed by atoms with Gasteiger partial charge in [-0.25, -0.2) is 14.4 Å². The van der Waals surface area contributed by atoms with Crippen molar-refractivity contribution in [1.82, 2.24) is 14.9 Å². The molecule has 2 fully saturated rings. The molecule has 3 heterocycles. The van der Waals surface area contributed by atoms with Crippen molar-refractivity contribution in [3.8, 4) is 0 Å². The second-order valence-corrected chi connectivity index (χ2v) is 7.70. The summed E-state index contributed by atoms with van der Waals surface area (Å²) in [6.07, 6.45) is 5.61. The van der Waals surface area contributed by atoms with Gasteiger partial charge in [0.05, 0.1) is 5.56 Å². The molecule has 0 saturated carbocycles. The van der Waals surface area contributed by atoms with Crippen molar-refractivity contribution >= 4 is 17.5 Å². The molecule has 2 aliphatic heterocycles. The number of piperazine rings is 1. The van der Waals surface area contributed by atoms with Crippen LogP contribution in [0.1, 0.15) is 30.1 Å². The highest BCUT2D eigenvalue weighted by molar-refractivity contribution is 5.93. The van der Waals surface area contributed by atoms with E-state index < -0.39 is 0 Å². The highest BCUT2D eigenvalue weighted by Gasteiger charge is 2.24. The second-order valence-electron chi connectivity index (χ2n) is 7.70. The summed E-state index contributed by atoms with van der Waals surface area (Å²) >= 11 is 0. The van der Waals surface area contributed by atoms with Gasteiger partial charge >= 0.3 is 0 Å². The first-order chi connectivity index (χ1) is 13.6. The van der Waals surface area contributed by atoms with E-state index in [1.807, 2.05) is 4.90 Å². The van der Waals surface area contributed by atoms with E-state index in [0.717, 1.165) is 50.6 Å². The van der Waals surface area contributed by atoms with Gasteiger partial charge in [0, 0.05) is 57.3 Å². The van der Waals surface area contributed by atoms with Gasteiger partial charge in [-0.2, -0.15) is 0 Å². The van der Waals surface area contributed by atoms with Crippen LogP contribution in [0.4, 0.5) is 16.0 Å². The molecular formula is C21H26FN5O. The minimum absolute atomic E-state index is 0.0300. The van der Waals surface area contributed by atoms with Gasteiger partial charge in [-0.1, -0.05) is 6.92 Å². The lowest BCUT2D eigenvalue weighted by Gasteiger charge is -2.36. The molecule has 148 valence electrons. The summed E-state index contributed by atoms with van der Waals surface area (Å²) in [4.78, 5) is 27.8. The predicted octanol–water partition coefficient (Wildman–Crippen LogP) is 2.81. The van der Waals surface area contributed by atoms with Gasteiger partial charge in [0.15, 0.2) is 0 Å². The van der Waals surface area contributed by atoms with E-state index in [1.165, 1.54) is 12.1 Å². The van der Waals surface area contributed by atoms with Crippen LogP contribution in [-0.2, 0) is 0 Å². The third-order valence-corrected chi connectivity index (χ3v) is 5.71. The first-order valence-electron chi connectivity index (χ1n) is 9.97. The molecule has 1 aromatic carbocycles. The number of aromatic nitrogens is 2. The van der Waals surface area contributed by atoms with Crippen molar-refractivity contribution in [2.75, 3.05) is 49.1 Å². The summed E-state index contributed by atoms with van der Waals surface area (Å²) in [5.41, 5.74) is 1.52. The van der Waals surface area contributed by atoms with Crippen molar-refractivity contribution in [2.24, 2.45) is 5.92 Å². The summed E-state index contributed by atoms with van der Waals surface area (Å²) in [5, 5.41) is 0. The highest BCUT2D eigenvalue weighted by atomic mass is 19.1. The van der Waals surface area contributed by atoms with Crippen molar-refractivity contribution in [1.29, 1.82) is 0 Å². The van der Waals surface area contributed by atoms with E-state index in [1.54, 1.807) is 24.5 Å². The molecule has 2 aromatic rings. The molecule has 6 nitrogen and oxygen atoms in total. The summed E-state index contributed by atoms with van der Waals surface area (Å²) in [6.45, 7) is 6.92. The fourth-order valence-corrected chi connectivity index (χ4v) is 3.81. The average molecular weight is 383 g/mol. The Morgan fingerprint density at radius 3 is 2.14 bits per heavy atom. The Morgan fingerprint density at radius 1 is 0.929 bits per heavy atom. The minimum atomic E-state index is -0.236. The van der Waals surface area contributed by atoms with Gasteiger partial charge < -0.3 is 14.7 Å². The number of halogens is 1. The van der Waals surface area contributed by atoms with Crippen molar-refractivity contribution in [3.63, 3.8) is 0 Å². The maximum Gasteiger partial charge on any atom is 0.257 e. The van der Waals surface area contributed by atoms with Crippen LogP contribution in [0.5, 0.6) is 0 Å². The third kappa shape index (κ3) is 4.08. The maximum absolute atomic E-state index is 13.1. The third-order valence-electron chi connectivity index (χ3n) is 5.71. The number of nitrogens with zero attached hydrogens (tertiary/aromatic N) is 5. The van der Waals surface area contributed by atoms with Crippen LogP contribution in [-0.4, -0.2) is 60.0 Å². The summed E-state index contributed by atoms with van der Waals surface area (Å²) in [7, 11) is 0. The second kappa shape index (κ2) is 8.12. The number of hydrogen-bond acceptors (Lipinski definition) is 5. The minimum Gasteiger partial charge on any atom is -0.368 e. The van der Waals surface area contributed by atoms with Crippen LogP contribution >= 0.6 is 0 Å². The van der Waals surface area contributed by atoms with Gasteiger partial charge in [0.25, 0.3) is 5.91 Å². The Kier molecular flexibility index (Phi) is 5.41. The lowest BCUT2D eigenvalue weighted by molar-refractivity contribution is 0.0746. The average Bonchev–Trinajstić information content (AvgIpc) is 2.75. The lowest BCUT2D eigenvalue weighted by atomic mass is 10.00. The Balaban J connectivity index is 1.34. The van der Waals surface area contributed by atoms with Crippen LogP contribution in [0.25, 0.3) is 0 Å². The van der Waals surface area contributed by atoms with Crippen LogP contribution < -0.4 is 9.80 Å². The molecule has 2 aliphatic rings. The molecule has 2 saturated heterocycles. The molecule has 0 atom stereocenters. The Bertz CT molecular complexity index is 795. The van der Waals surface area contributed by atoms with Gasteiger partial charge in [0.1, 0.15) is 5.82 Å². The Morgan fingerprint density at radius 2 is 1.54 bits per heavy atom. The zero-order chi connectivity index (χ0) is 19.5. The van der Waals surface area contributed by atoms with E-state index in [2.05, 4.69) is 26.7 Å². The smallest absolute Gasteiger partial charge is 0.257 e. The fraction of sp³-hybridized carbons (Fsp3) is 0.476. The largest absolute Gasteiger partial charge is 0.368 e. The number of benzene rings is 1. The molecule has 1 aromatic heterocycles. The number of anilines is 2. The summed E-state index contributed by atoms with van der Waals surface area (Å²) in [5.74, 6) is 1.20. The maximum atomic E-state index is 13.1. The number of carbonyl (C=O) groups excluding carboxylic acids is 1. The van der Waals surface area contributed by atoms with E-state index >= 15 is 0 Å². The SMILES string of the molecule is CC1CCN(c2ncc(C(=O)N3CCN(c4ccc(F)cc4)CC3)cn2)CC1. The molecule has 1 amide bonds. The van der Waals surface area contributed by atoms with Crippen molar-refractivity contribution in [2.45, 2.75) is 19.8 Å². The first-order valence-corrected chi connectivity index (χ1v) is 9.97. The predicted molar refractivity (Wildman–Crippen MR) is 107 cm³/mol. The molecule has 0 unspecified atom stereocenters. The normalized spacial score (nSPS) is 18.4. The monoisotopic (exact) mass is 383 g/mol. The zero-order valence-electron chi connectivity index (χ0n) is 16.2. The van der Waals surface area contributed by atoms with Crippen LogP contribution in [0, 0.1) is 11.7 Å². The van der Waals surface area contributed by atoms with Gasteiger partial charge in [-0.3, -0.25) is 4.79 Å². The Hall–Kier alpha value is -2.70. The number of hydrogen-bond donors (Lipinski definition) is 0. The van der Waals surface area contributed by atoms with Crippen LogP contribution in [0.3, 0.4) is 0 Å². The van der Waals surface area contributed by atoms with E-state index in [4.69, 9.17) is 0 Å². The topological polar surface area (TPSA) is 52.6 Å². The first kappa shape index (κ1) is 18.7. The molecule has 28 heavy (non-hydrogen) atoms. The lowest BCUT2D eigenvalue weighted by Crippen LogP contribution is -2.48. The highest BCUT2D eigenvalue weighted by Crippen LogP contribution is 2.21. The van der Waals surface area contributed by atoms with Crippen LogP contribution in [0.2, 0.25) is 0 Å². The number of amides is 1. The molecular weight excluding hydrogens is 357 g/mol. The van der Waals surface area contributed by atoms with E-state index in [9.17, 15) is 9.18 Å². The molecule has 0 spiro atoms. The number of piperidine rings is 1. The van der Waals surface area contributed by atoms with Gasteiger partial charge in [0.2, 0.25) is 5.95 Å². The standard InChI is InChI=1S/C21H26FN5O/c1-16-6-8-27(9-7-16)21-23-14-17(15-24-21)20(28)26-12-10-25(11-13-26)19-4-2-18(22)3-5-19/h2-5,14-16H,6-13H2,1H3. The fourth-order valence-electron chi connectivity index (χ4n) is 3.81. The summed E-state index contributed by atoms with van der Waals surface area (Å²) < 4.78 is 13.1. The van der Waals surface area contributed by atoms with Crippen molar-refractivity contribution < 1.29 is 9.18 Å². The summed E-state index contributed by atoms with van der Waals surface area (Å²) in [6, 6.07) is 6.49. The van der Waals surface area contributed by atoms with E-state index in [-0.39, 0.29) is 11.7 Å². The molecule has 4 rings (SSSR count). The zero-order valence-corrected chi connectivity index (χ0v) is 16.2. The quantitative estimate of drug-likeness (QED) is 0.816.